The molecule has 0 saturated carbocycles. The van der Waals surface area contributed by atoms with Gasteiger partial charge in [-0.3, -0.25) is 14.2 Å². The molecule has 6 nitrogen and oxygen atoms in total. The molecule has 31 heavy (non-hydrogen) atoms. The molecule has 162 valence electrons. The molecule has 0 radical (unpaired) electrons. The van der Waals surface area contributed by atoms with Gasteiger partial charge in [0.1, 0.15) is 0 Å². The summed E-state index contributed by atoms with van der Waals surface area (Å²) in [4.78, 5) is 30.4. The number of rotatable bonds is 10. The Morgan fingerprint density at radius 2 is 1.81 bits per heavy atom. The van der Waals surface area contributed by atoms with E-state index in [1.54, 1.807) is 11.1 Å². The standard InChI is InChI=1S/C24H28N4O2S/c1-18(2)20-10-6-7-11-21(20)28-15-13-26-24(28)31-17-23(30)27(14-12-22(25)29)16-19-8-4-3-5-9-19/h3-11,13,15,18H,12,14,16-17H2,1-2H3,(H2,25,29). The van der Waals surface area contributed by atoms with Crippen LogP contribution in [0.25, 0.3) is 5.69 Å². The van der Waals surface area contributed by atoms with Gasteiger partial charge in [-0.2, -0.15) is 0 Å². The lowest BCUT2D eigenvalue weighted by Gasteiger charge is -2.22. The molecule has 0 aliphatic heterocycles. The quantitative estimate of drug-likeness (QED) is 0.487. The average Bonchev–Trinajstić information content (AvgIpc) is 3.24. The van der Waals surface area contributed by atoms with Crippen LogP contribution < -0.4 is 5.73 Å². The Bertz CT molecular complexity index is 1020. The number of carbonyl (C=O) groups excluding carboxylic acids is 2. The minimum Gasteiger partial charge on any atom is -0.370 e. The van der Waals surface area contributed by atoms with E-state index in [9.17, 15) is 9.59 Å². The first kappa shape index (κ1) is 22.6. The van der Waals surface area contributed by atoms with Gasteiger partial charge in [0.2, 0.25) is 11.8 Å². The Balaban J connectivity index is 1.73. The van der Waals surface area contributed by atoms with Gasteiger partial charge >= 0.3 is 0 Å². The third-order valence-corrected chi connectivity index (χ3v) is 5.90. The molecule has 3 aromatic rings. The Morgan fingerprint density at radius 1 is 1.10 bits per heavy atom. The number of benzene rings is 2. The highest BCUT2D eigenvalue weighted by atomic mass is 32.2. The number of nitrogens with zero attached hydrogens (tertiary/aromatic N) is 3. The van der Waals surface area contributed by atoms with Crippen molar-refractivity contribution in [1.82, 2.24) is 14.5 Å². The number of amides is 2. The first-order valence-electron chi connectivity index (χ1n) is 10.3. The molecule has 0 spiro atoms. The van der Waals surface area contributed by atoms with E-state index < -0.39 is 5.91 Å². The van der Waals surface area contributed by atoms with E-state index >= 15 is 0 Å². The fourth-order valence-electron chi connectivity index (χ4n) is 3.33. The summed E-state index contributed by atoms with van der Waals surface area (Å²) in [5.41, 5.74) is 8.62. The van der Waals surface area contributed by atoms with Crippen LogP contribution in [0.1, 0.15) is 37.3 Å². The van der Waals surface area contributed by atoms with E-state index in [1.165, 1.54) is 17.3 Å². The maximum Gasteiger partial charge on any atom is 0.233 e. The van der Waals surface area contributed by atoms with Crippen LogP contribution >= 0.6 is 11.8 Å². The van der Waals surface area contributed by atoms with E-state index in [4.69, 9.17) is 5.73 Å². The molecule has 0 aliphatic carbocycles. The maximum absolute atomic E-state index is 13.0. The number of nitrogens with two attached hydrogens (primary N) is 1. The van der Waals surface area contributed by atoms with Gasteiger partial charge in [-0.1, -0.05) is 74.1 Å². The number of para-hydroxylation sites is 1. The molecule has 0 unspecified atom stereocenters. The maximum atomic E-state index is 13.0. The average molecular weight is 437 g/mol. The molecule has 0 fully saturated rings. The van der Waals surface area contributed by atoms with Gasteiger partial charge in [0.25, 0.3) is 0 Å². The monoisotopic (exact) mass is 436 g/mol. The molecular formula is C24H28N4O2S. The molecule has 3 rings (SSSR count). The number of carbonyl (C=O) groups is 2. The van der Waals surface area contributed by atoms with Crippen LogP contribution in [-0.2, 0) is 16.1 Å². The molecular weight excluding hydrogens is 408 g/mol. The normalized spacial score (nSPS) is 10.9. The predicted octanol–water partition coefficient (Wildman–Crippen LogP) is 3.99. The molecule has 1 heterocycles. The van der Waals surface area contributed by atoms with Crippen LogP contribution in [0.15, 0.2) is 72.1 Å². The van der Waals surface area contributed by atoms with Gasteiger partial charge in [0.05, 0.1) is 11.4 Å². The van der Waals surface area contributed by atoms with E-state index in [0.29, 0.717) is 19.0 Å². The van der Waals surface area contributed by atoms with Crippen molar-refractivity contribution in [1.29, 1.82) is 0 Å². The summed E-state index contributed by atoms with van der Waals surface area (Å²) in [5.74, 6) is 0.126. The Kier molecular flexibility index (Phi) is 7.89. The number of hydrogen-bond acceptors (Lipinski definition) is 4. The van der Waals surface area contributed by atoms with Gasteiger partial charge in [0.15, 0.2) is 5.16 Å². The summed E-state index contributed by atoms with van der Waals surface area (Å²) < 4.78 is 2.03. The van der Waals surface area contributed by atoms with Crippen LogP contribution in [0.4, 0.5) is 0 Å². The molecule has 2 N–H and O–H groups in total. The van der Waals surface area contributed by atoms with Gasteiger partial charge in [-0.25, -0.2) is 4.98 Å². The van der Waals surface area contributed by atoms with Crippen LogP contribution in [0, 0.1) is 0 Å². The van der Waals surface area contributed by atoms with Crippen LogP contribution in [-0.4, -0.2) is 38.6 Å². The lowest BCUT2D eigenvalue weighted by Crippen LogP contribution is -2.34. The molecule has 0 atom stereocenters. The lowest BCUT2D eigenvalue weighted by atomic mass is 10.0. The number of imidazole rings is 1. The minimum absolute atomic E-state index is 0.0539. The first-order chi connectivity index (χ1) is 15.0. The van der Waals surface area contributed by atoms with Gasteiger partial charge < -0.3 is 10.6 Å². The summed E-state index contributed by atoms with van der Waals surface area (Å²) in [5, 5.41) is 0.760. The molecule has 2 aromatic carbocycles. The number of primary amides is 1. The Morgan fingerprint density at radius 3 is 2.52 bits per heavy atom. The van der Waals surface area contributed by atoms with Crippen molar-refractivity contribution >= 4 is 23.6 Å². The van der Waals surface area contributed by atoms with Crippen LogP contribution in [0.5, 0.6) is 0 Å². The van der Waals surface area contributed by atoms with Gasteiger partial charge in [-0.15, -0.1) is 0 Å². The summed E-state index contributed by atoms with van der Waals surface area (Å²) in [7, 11) is 0. The van der Waals surface area contributed by atoms with E-state index in [1.807, 2.05) is 53.2 Å². The Hall–Kier alpha value is -3.06. The van der Waals surface area contributed by atoms with Crippen molar-refractivity contribution in [2.75, 3.05) is 12.3 Å². The molecule has 1 aromatic heterocycles. The highest BCUT2D eigenvalue weighted by molar-refractivity contribution is 7.99. The van der Waals surface area contributed by atoms with Gasteiger partial charge in [0, 0.05) is 31.9 Å². The van der Waals surface area contributed by atoms with Crippen molar-refractivity contribution in [3.8, 4) is 5.69 Å². The van der Waals surface area contributed by atoms with Crippen molar-refractivity contribution in [3.05, 3.63) is 78.1 Å². The zero-order valence-corrected chi connectivity index (χ0v) is 18.7. The number of hydrogen-bond donors (Lipinski definition) is 1. The predicted molar refractivity (Wildman–Crippen MR) is 124 cm³/mol. The third-order valence-electron chi connectivity index (χ3n) is 4.95. The van der Waals surface area contributed by atoms with Crippen LogP contribution in [0.3, 0.4) is 0 Å². The number of thioether (sulfide) groups is 1. The smallest absolute Gasteiger partial charge is 0.233 e. The molecule has 0 saturated heterocycles. The zero-order chi connectivity index (χ0) is 22.2. The largest absolute Gasteiger partial charge is 0.370 e. The molecule has 2 amide bonds. The number of aromatic nitrogens is 2. The zero-order valence-electron chi connectivity index (χ0n) is 17.9. The van der Waals surface area contributed by atoms with E-state index in [0.717, 1.165) is 16.4 Å². The fourth-order valence-corrected chi connectivity index (χ4v) is 4.20. The SMILES string of the molecule is CC(C)c1ccccc1-n1ccnc1SCC(=O)N(CCC(N)=O)Cc1ccccc1. The highest BCUT2D eigenvalue weighted by Gasteiger charge is 2.18. The summed E-state index contributed by atoms with van der Waals surface area (Å²) in [6, 6.07) is 18.0. The fraction of sp³-hybridized carbons (Fsp3) is 0.292. The Labute approximate surface area is 187 Å². The summed E-state index contributed by atoms with van der Waals surface area (Å²) in [6.07, 6.45) is 3.81. The molecule has 0 aliphatic rings. The topological polar surface area (TPSA) is 81.2 Å². The summed E-state index contributed by atoms with van der Waals surface area (Å²) in [6.45, 7) is 5.06. The second-order valence-electron chi connectivity index (χ2n) is 7.60. The van der Waals surface area contributed by atoms with Crippen molar-refractivity contribution < 1.29 is 9.59 Å². The first-order valence-corrected chi connectivity index (χ1v) is 11.3. The molecule has 0 bridgehead atoms. The summed E-state index contributed by atoms with van der Waals surface area (Å²) >= 11 is 1.39. The lowest BCUT2D eigenvalue weighted by molar-refractivity contribution is -0.129. The second-order valence-corrected chi connectivity index (χ2v) is 8.54. The van der Waals surface area contributed by atoms with Crippen molar-refractivity contribution in [2.24, 2.45) is 5.73 Å². The minimum atomic E-state index is -0.417. The highest BCUT2D eigenvalue weighted by Crippen LogP contribution is 2.27. The van der Waals surface area contributed by atoms with Crippen molar-refractivity contribution in [3.63, 3.8) is 0 Å². The molecule has 7 heteroatoms. The second kappa shape index (κ2) is 10.8. The van der Waals surface area contributed by atoms with Gasteiger partial charge in [-0.05, 0) is 23.1 Å². The third kappa shape index (κ3) is 6.21. The van der Waals surface area contributed by atoms with E-state index in [2.05, 4.69) is 31.0 Å². The van der Waals surface area contributed by atoms with Crippen molar-refractivity contribution in [2.45, 2.75) is 37.9 Å². The van der Waals surface area contributed by atoms with E-state index in [-0.39, 0.29) is 18.1 Å². The van der Waals surface area contributed by atoms with Crippen LogP contribution in [0.2, 0.25) is 0 Å².